The number of fused-ring (bicyclic) bond motifs is 2. The standard InChI is InChI=1S/C5H7ClO3/c6-5-3-1-2-4(7-5)8-9-5/h4H,1-3H2. The summed E-state index contributed by atoms with van der Waals surface area (Å²) in [6.45, 7) is 0. The molecular weight excluding hydrogens is 144 g/mol. The highest BCUT2D eigenvalue weighted by Gasteiger charge is 2.45. The van der Waals surface area contributed by atoms with Crippen molar-refractivity contribution in [3.8, 4) is 0 Å². The Hall–Kier alpha value is 0.170. The van der Waals surface area contributed by atoms with Crippen LogP contribution in [0.5, 0.6) is 0 Å². The minimum Gasteiger partial charge on any atom is -0.302 e. The first kappa shape index (κ1) is 5.92. The lowest BCUT2D eigenvalue weighted by Crippen LogP contribution is -2.27. The van der Waals surface area contributed by atoms with Gasteiger partial charge in [-0.1, -0.05) is 11.6 Å². The summed E-state index contributed by atoms with van der Waals surface area (Å²) >= 11 is 5.73. The van der Waals surface area contributed by atoms with Gasteiger partial charge in [-0.05, 0) is 6.42 Å². The summed E-state index contributed by atoms with van der Waals surface area (Å²) in [4.78, 5) is 9.43. The maximum Gasteiger partial charge on any atom is 0.280 e. The van der Waals surface area contributed by atoms with Gasteiger partial charge in [0.25, 0.3) is 5.25 Å². The zero-order valence-electron chi connectivity index (χ0n) is 4.80. The lowest BCUT2D eigenvalue weighted by molar-refractivity contribution is -0.301. The molecule has 2 fully saturated rings. The molecule has 4 heteroatoms. The first-order chi connectivity index (χ1) is 4.29. The quantitative estimate of drug-likeness (QED) is 0.386. The van der Waals surface area contributed by atoms with E-state index in [9.17, 15) is 0 Å². The Labute approximate surface area is 57.8 Å². The molecule has 0 aromatic heterocycles. The molecule has 0 aromatic carbocycles. The summed E-state index contributed by atoms with van der Waals surface area (Å²) in [5, 5.41) is -0.955. The molecule has 52 valence electrons. The van der Waals surface area contributed by atoms with E-state index in [1.807, 2.05) is 0 Å². The Morgan fingerprint density at radius 1 is 1.56 bits per heavy atom. The second-order valence-electron chi connectivity index (χ2n) is 2.28. The van der Waals surface area contributed by atoms with Gasteiger partial charge >= 0.3 is 0 Å². The predicted molar refractivity (Wildman–Crippen MR) is 29.5 cm³/mol. The van der Waals surface area contributed by atoms with Crippen molar-refractivity contribution < 1.29 is 14.5 Å². The number of alkyl halides is 1. The molecule has 0 amide bonds. The molecule has 2 atom stereocenters. The van der Waals surface area contributed by atoms with Crippen molar-refractivity contribution in [3.05, 3.63) is 0 Å². The van der Waals surface area contributed by atoms with Crippen LogP contribution in [0.25, 0.3) is 0 Å². The number of ether oxygens (including phenoxy) is 1. The van der Waals surface area contributed by atoms with Crippen LogP contribution in [0.1, 0.15) is 19.3 Å². The van der Waals surface area contributed by atoms with Crippen molar-refractivity contribution in [1.82, 2.24) is 0 Å². The number of rotatable bonds is 0. The van der Waals surface area contributed by atoms with Crippen molar-refractivity contribution in [3.63, 3.8) is 0 Å². The molecule has 9 heavy (non-hydrogen) atoms. The van der Waals surface area contributed by atoms with Gasteiger partial charge in [-0.25, -0.2) is 0 Å². The Kier molecular flexibility index (Phi) is 1.20. The highest BCUT2D eigenvalue weighted by atomic mass is 35.5. The minimum absolute atomic E-state index is 0.226. The van der Waals surface area contributed by atoms with E-state index in [0.717, 1.165) is 12.8 Å². The van der Waals surface area contributed by atoms with Crippen molar-refractivity contribution in [2.24, 2.45) is 0 Å². The molecule has 3 nitrogen and oxygen atoms in total. The number of halogens is 1. The maximum atomic E-state index is 5.73. The third-order valence-corrected chi connectivity index (χ3v) is 1.84. The SMILES string of the molecule is ClC12CCCC(OO1)O2. The Balaban J connectivity index is 2.13. The molecule has 2 bridgehead atoms. The molecule has 2 aliphatic heterocycles. The Morgan fingerprint density at radius 3 is 3.11 bits per heavy atom. The van der Waals surface area contributed by atoms with E-state index in [1.165, 1.54) is 0 Å². The first-order valence-corrected chi connectivity index (χ1v) is 3.38. The Morgan fingerprint density at radius 2 is 2.44 bits per heavy atom. The molecule has 2 saturated heterocycles. The van der Waals surface area contributed by atoms with E-state index >= 15 is 0 Å². The molecule has 0 aromatic rings. The fourth-order valence-electron chi connectivity index (χ4n) is 1.05. The summed E-state index contributed by atoms with van der Waals surface area (Å²) in [5.41, 5.74) is 0. The van der Waals surface area contributed by atoms with E-state index in [2.05, 4.69) is 0 Å². The van der Waals surface area contributed by atoms with Gasteiger partial charge in [-0.15, -0.1) is 0 Å². The molecule has 2 rings (SSSR count). The van der Waals surface area contributed by atoms with Gasteiger partial charge in [0.15, 0.2) is 6.29 Å². The zero-order valence-corrected chi connectivity index (χ0v) is 5.56. The van der Waals surface area contributed by atoms with E-state index in [0.29, 0.717) is 6.42 Å². The van der Waals surface area contributed by atoms with Crippen LogP contribution in [0.15, 0.2) is 0 Å². The van der Waals surface area contributed by atoms with Gasteiger partial charge in [0.2, 0.25) is 0 Å². The molecule has 0 radical (unpaired) electrons. The van der Waals surface area contributed by atoms with E-state index < -0.39 is 5.25 Å². The van der Waals surface area contributed by atoms with Crippen LogP contribution in [0.4, 0.5) is 0 Å². The van der Waals surface area contributed by atoms with Crippen LogP contribution in [-0.2, 0) is 14.5 Å². The fraction of sp³-hybridized carbons (Fsp3) is 1.00. The van der Waals surface area contributed by atoms with Gasteiger partial charge in [0.05, 0.1) is 0 Å². The van der Waals surface area contributed by atoms with E-state index in [1.54, 1.807) is 0 Å². The van der Waals surface area contributed by atoms with Crippen LogP contribution < -0.4 is 0 Å². The largest absolute Gasteiger partial charge is 0.302 e. The smallest absolute Gasteiger partial charge is 0.280 e. The van der Waals surface area contributed by atoms with Gasteiger partial charge in [-0.3, -0.25) is 0 Å². The summed E-state index contributed by atoms with van der Waals surface area (Å²) in [6, 6.07) is 0. The van der Waals surface area contributed by atoms with Crippen LogP contribution in [0.2, 0.25) is 0 Å². The fourth-order valence-corrected chi connectivity index (χ4v) is 1.32. The molecule has 0 N–H and O–H groups in total. The highest BCUT2D eigenvalue weighted by Crippen LogP contribution is 2.39. The molecule has 2 heterocycles. The summed E-state index contributed by atoms with van der Waals surface area (Å²) in [7, 11) is 0. The van der Waals surface area contributed by atoms with Gasteiger partial charge < -0.3 is 4.74 Å². The molecule has 0 spiro atoms. The Bertz CT molecular complexity index is 125. The second kappa shape index (κ2) is 1.83. The average Bonchev–Trinajstić information content (AvgIpc) is 2.07. The molecule has 0 aliphatic carbocycles. The summed E-state index contributed by atoms with van der Waals surface area (Å²) in [5.74, 6) is 0. The zero-order chi connectivity index (χ0) is 6.32. The summed E-state index contributed by atoms with van der Waals surface area (Å²) in [6.07, 6.45) is 2.38. The highest BCUT2D eigenvalue weighted by molar-refractivity contribution is 6.21. The lowest BCUT2D eigenvalue weighted by Gasteiger charge is -2.20. The topological polar surface area (TPSA) is 27.7 Å². The number of hydrogen-bond donors (Lipinski definition) is 0. The van der Waals surface area contributed by atoms with E-state index in [4.69, 9.17) is 26.1 Å². The molecule has 2 aliphatic rings. The first-order valence-electron chi connectivity index (χ1n) is 3.00. The van der Waals surface area contributed by atoms with Crippen LogP contribution in [0.3, 0.4) is 0 Å². The van der Waals surface area contributed by atoms with Crippen molar-refractivity contribution in [1.29, 1.82) is 0 Å². The van der Waals surface area contributed by atoms with Crippen molar-refractivity contribution in [2.75, 3.05) is 0 Å². The molecule has 2 unspecified atom stereocenters. The third-order valence-electron chi connectivity index (χ3n) is 1.50. The van der Waals surface area contributed by atoms with Gasteiger partial charge in [-0.2, -0.15) is 9.78 Å². The predicted octanol–water partition coefficient (Wildman–Crippen LogP) is 1.37. The second-order valence-corrected chi connectivity index (χ2v) is 2.86. The van der Waals surface area contributed by atoms with Crippen LogP contribution >= 0.6 is 11.6 Å². The van der Waals surface area contributed by atoms with Gasteiger partial charge in [0, 0.05) is 12.8 Å². The van der Waals surface area contributed by atoms with E-state index in [-0.39, 0.29) is 6.29 Å². The molecular formula is C5H7ClO3. The third kappa shape index (κ3) is 0.942. The normalized spacial score (nSPS) is 49.7. The summed E-state index contributed by atoms with van der Waals surface area (Å²) < 4.78 is 5.11. The van der Waals surface area contributed by atoms with Crippen LogP contribution in [0, 0.1) is 0 Å². The van der Waals surface area contributed by atoms with Crippen LogP contribution in [-0.4, -0.2) is 11.5 Å². The average molecular weight is 151 g/mol. The van der Waals surface area contributed by atoms with Crippen molar-refractivity contribution >= 4 is 11.6 Å². The molecule has 0 saturated carbocycles. The lowest BCUT2D eigenvalue weighted by atomic mass is 10.2. The maximum absolute atomic E-state index is 5.73. The monoisotopic (exact) mass is 150 g/mol. The number of hydrogen-bond acceptors (Lipinski definition) is 3. The van der Waals surface area contributed by atoms with Crippen molar-refractivity contribution in [2.45, 2.75) is 30.8 Å². The minimum atomic E-state index is -0.955. The van der Waals surface area contributed by atoms with Gasteiger partial charge in [0.1, 0.15) is 0 Å².